The molecule has 2 aromatic rings. The Morgan fingerprint density at radius 2 is 2.10 bits per heavy atom. The highest BCUT2D eigenvalue weighted by Crippen LogP contribution is 2.32. The van der Waals surface area contributed by atoms with Gasteiger partial charge >= 0.3 is 0 Å². The molecule has 0 radical (unpaired) electrons. The molecule has 0 saturated carbocycles. The Bertz CT molecular complexity index is 667. The van der Waals surface area contributed by atoms with E-state index in [2.05, 4.69) is 15.6 Å². The van der Waals surface area contributed by atoms with Crippen LogP contribution in [0.2, 0.25) is 0 Å². The maximum absolute atomic E-state index is 11.6. The fourth-order valence-corrected chi connectivity index (χ4v) is 1.92. The summed E-state index contributed by atoms with van der Waals surface area (Å²) in [4.78, 5) is 11.6. The smallest absolute Gasteiger partial charge is 0.275 e. The van der Waals surface area contributed by atoms with E-state index in [0.717, 1.165) is 0 Å². The van der Waals surface area contributed by atoms with E-state index in [4.69, 9.17) is 15.2 Å². The molecule has 0 spiro atoms. The number of nitrogen functional groups attached to an aromatic ring is 1. The summed E-state index contributed by atoms with van der Waals surface area (Å²) < 4.78 is 12.3. The van der Waals surface area contributed by atoms with Gasteiger partial charge in [0.2, 0.25) is 0 Å². The molecule has 1 aliphatic heterocycles. The zero-order valence-electron chi connectivity index (χ0n) is 10.8. The number of anilines is 1. The highest BCUT2D eigenvalue weighted by atomic mass is 16.6. The molecule has 3 N–H and O–H groups in total. The molecule has 0 aliphatic carbocycles. The van der Waals surface area contributed by atoms with Gasteiger partial charge in [-0.05, 0) is 12.1 Å². The van der Waals surface area contributed by atoms with Crippen molar-refractivity contribution in [3.8, 4) is 17.2 Å². The predicted molar refractivity (Wildman–Crippen MR) is 70.2 cm³/mol. The Balaban J connectivity index is 2.01. The lowest BCUT2D eigenvalue weighted by Crippen LogP contribution is -2.20. The van der Waals surface area contributed by atoms with Crippen molar-refractivity contribution in [2.24, 2.45) is 0 Å². The SMILES string of the molecule is CNC(=O)c1nnn(-c2ccc3c(c2)OCCO3)c1N. The van der Waals surface area contributed by atoms with Crippen LogP contribution in [0.1, 0.15) is 10.5 Å². The first-order valence-corrected chi connectivity index (χ1v) is 6.04. The van der Waals surface area contributed by atoms with Gasteiger partial charge in [-0.25, -0.2) is 0 Å². The Labute approximate surface area is 114 Å². The van der Waals surface area contributed by atoms with Gasteiger partial charge in [0, 0.05) is 13.1 Å². The summed E-state index contributed by atoms with van der Waals surface area (Å²) in [6, 6.07) is 5.28. The quantitative estimate of drug-likeness (QED) is 0.798. The molecule has 8 heteroatoms. The maximum Gasteiger partial charge on any atom is 0.275 e. The first-order valence-electron chi connectivity index (χ1n) is 6.04. The van der Waals surface area contributed by atoms with Gasteiger partial charge in [-0.1, -0.05) is 5.21 Å². The van der Waals surface area contributed by atoms with E-state index in [0.29, 0.717) is 30.4 Å². The molecule has 1 aromatic heterocycles. The number of amides is 1. The Hall–Kier alpha value is -2.77. The van der Waals surface area contributed by atoms with Gasteiger partial charge < -0.3 is 20.5 Å². The summed E-state index contributed by atoms with van der Waals surface area (Å²) in [6.07, 6.45) is 0. The number of nitrogens with two attached hydrogens (primary N) is 1. The van der Waals surface area contributed by atoms with E-state index in [-0.39, 0.29) is 17.4 Å². The van der Waals surface area contributed by atoms with Gasteiger partial charge in [-0.15, -0.1) is 5.10 Å². The van der Waals surface area contributed by atoms with Gasteiger partial charge in [0.05, 0.1) is 5.69 Å². The van der Waals surface area contributed by atoms with E-state index >= 15 is 0 Å². The predicted octanol–water partition coefficient (Wildman–Crippen LogP) is -0.0197. The normalized spacial score (nSPS) is 13.1. The van der Waals surface area contributed by atoms with Crippen LogP contribution in [0, 0.1) is 0 Å². The molecule has 0 fully saturated rings. The maximum atomic E-state index is 11.6. The minimum Gasteiger partial charge on any atom is -0.486 e. The summed E-state index contributed by atoms with van der Waals surface area (Å²) in [5, 5.41) is 10.1. The second-order valence-electron chi connectivity index (χ2n) is 4.14. The standard InChI is InChI=1S/C12H13N5O3/c1-14-12(18)10-11(13)17(16-15-10)7-2-3-8-9(6-7)20-5-4-19-8/h2-3,6H,4-5,13H2,1H3,(H,14,18). The van der Waals surface area contributed by atoms with E-state index in [1.54, 1.807) is 18.2 Å². The van der Waals surface area contributed by atoms with E-state index in [9.17, 15) is 4.79 Å². The number of carbonyl (C=O) groups is 1. The number of nitrogens with one attached hydrogen (secondary N) is 1. The van der Waals surface area contributed by atoms with Crippen LogP contribution in [0.15, 0.2) is 18.2 Å². The van der Waals surface area contributed by atoms with Crippen molar-refractivity contribution in [3.63, 3.8) is 0 Å². The zero-order chi connectivity index (χ0) is 14.1. The molecule has 0 saturated heterocycles. The van der Waals surface area contributed by atoms with Gasteiger partial charge in [0.15, 0.2) is 23.0 Å². The second kappa shape index (κ2) is 4.72. The molecule has 0 atom stereocenters. The van der Waals surface area contributed by atoms with Crippen LogP contribution >= 0.6 is 0 Å². The summed E-state index contributed by atoms with van der Waals surface area (Å²) in [5.41, 5.74) is 6.63. The number of ether oxygens (including phenoxy) is 2. The van der Waals surface area contributed by atoms with Crippen molar-refractivity contribution >= 4 is 11.7 Å². The second-order valence-corrected chi connectivity index (χ2v) is 4.14. The molecule has 8 nitrogen and oxygen atoms in total. The van der Waals surface area contributed by atoms with Crippen LogP contribution in [0.25, 0.3) is 5.69 Å². The van der Waals surface area contributed by atoms with Crippen LogP contribution in [0.5, 0.6) is 11.5 Å². The molecule has 1 aromatic carbocycles. The first kappa shape index (κ1) is 12.3. The monoisotopic (exact) mass is 275 g/mol. The number of hydrogen-bond acceptors (Lipinski definition) is 6. The van der Waals surface area contributed by atoms with Crippen LogP contribution in [-0.2, 0) is 0 Å². The molecule has 2 heterocycles. The minimum atomic E-state index is -0.383. The molecule has 0 bridgehead atoms. The number of rotatable bonds is 2. The van der Waals surface area contributed by atoms with E-state index in [1.165, 1.54) is 11.7 Å². The minimum absolute atomic E-state index is 0.0855. The fourth-order valence-electron chi connectivity index (χ4n) is 1.92. The van der Waals surface area contributed by atoms with E-state index < -0.39 is 0 Å². The van der Waals surface area contributed by atoms with Gasteiger partial charge in [-0.3, -0.25) is 4.79 Å². The summed E-state index contributed by atoms with van der Waals surface area (Å²) in [5.74, 6) is 1.07. The molecule has 0 unspecified atom stereocenters. The van der Waals surface area contributed by atoms with Gasteiger partial charge in [0.25, 0.3) is 5.91 Å². The Morgan fingerprint density at radius 1 is 1.35 bits per heavy atom. The number of aromatic nitrogens is 3. The summed E-state index contributed by atoms with van der Waals surface area (Å²) in [6.45, 7) is 1.02. The van der Waals surface area contributed by atoms with Crippen LogP contribution < -0.4 is 20.5 Å². The van der Waals surface area contributed by atoms with Crippen molar-refractivity contribution in [3.05, 3.63) is 23.9 Å². The van der Waals surface area contributed by atoms with E-state index in [1.807, 2.05) is 0 Å². The third-order valence-corrected chi connectivity index (χ3v) is 2.92. The molecule has 104 valence electrons. The lowest BCUT2D eigenvalue weighted by molar-refractivity contribution is 0.0959. The topological polar surface area (TPSA) is 104 Å². The molecule has 20 heavy (non-hydrogen) atoms. The molecule has 3 rings (SSSR count). The lowest BCUT2D eigenvalue weighted by Gasteiger charge is -2.18. The van der Waals surface area contributed by atoms with Gasteiger partial charge in [0.1, 0.15) is 13.2 Å². The first-order chi connectivity index (χ1) is 9.70. The number of nitrogens with zero attached hydrogens (tertiary/aromatic N) is 3. The molecular formula is C12H13N5O3. The summed E-state index contributed by atoms with van der Waals surface area (Å²) in [7, 11) is 1.50. The largest absolute Gasteiger partial charge is 0.486 e. The Morgan fingerprint density at radius 3 is 2.85 bits per heavy atom. The van der Waals surface area contributed by atoms with Crippen molar-refractivity contribution in [1.29, 1.82) is 0 Å². The number of benzene rings is 1. The zero-order valence-corrected chi connectivity index (χ0v) is 10.8. The van der Waals surface area contributed by atoms with Crippen LogP contribution in [0.3, 0.4) is 0 Å². The van der Waals surface area contributed by atoms with Crippen molar-refractivity contribution < 1.29 is 14.3 Å². The average molecular weight is 275 g/mol. The molecule has 1 aliphatic rings. The average Bonchev–Trinajstić information content (AvgIpc) is 2.87. The van der Waals surface area contributed by atoms with Gasteiger partial charge in [-0.2, -0.15) is 4.68 Å². The number of carbonyl (C=O) groups excluding carboxylic acids is 1. The van der Waals surface area contributed by atoms with Crippen LogP contribution in [0.4, 0.5) is 5.82 Å². The number of fused-ring (bicyclic) bond motifs is 1. The van der Waals surface area contributed by atoms with Crippen molar-refractivity contribution in [2.45, 2.75) is 0 Å². The van der Waals surface area contributed by atoms with Crippen LogP contribution in [-0.4, -0.2) is 41.2 Å². The highest BCUT2D eigenvalue weighted by molar-refractivity contribution is 5.96. The highest BCUT2D eigenvalue weighted by Gasteiger charge is 2.19. The molecular weight excluding hydrogens is 262 g/mol. The summed E-state index contributed by atoms with van der Waals surface area (Å²) >= 11 is 0. The molecule has 1 amide bonds. The fraction of sp³-hybridized carbons (Fsp3) is 0.250. The van der Waals surface area contributed by atoms with Crippen molar-refractivity contribution in [2.75, 3.05) is 26.0 Å². The number of hydrogen-bond donors (Lipinski definition) is 2. The lowest BCUT2D eigenvalue weighted by atomic mass is 10.2. The Kier molecular flexibility index (Phi) is 2.90. The van der Waals surface area contributed by atoms with Crippen molar-refractivity contribution in [1.82, 2.24) is 20.3 Å². The third kappa shape index (κ3) is 1.91. The third-order valence-electron chi connectivity index (χ3n) is 2.92.